The summed E-state index contributed by atoms with van der Waals surface area (Å²) in [5.41, 5.74) is 3.60. The van der Waals surface area contributed by atoms with Gasteiger partial charge in [-0.3, -0.25) is 10.2 Å². The van der Waals surface area contributed by atoms with Crippen molar-refractivity contribution in [2.75, 3.05) is 5.32 Å². The number of anilines is 1. The van der Waals surface area contributed by atoms with Gasteiger partial charge in [-0.25, -0.2) is 9.97 Å². The summed E-state index contributed by atoms with van der Waals surface area (Å²) in [5.74, 6) is -0.337. The van der Waals surface area contributed by atoms with Crippen LogP contribution in [0.15, 0.2) is 66.9 Å². The highest BCUT2D eigenvalue weighted by atomic mass is 16.3. The Morgan fingerprint density at radius 2 is 1.83 bits per heavy atom. The molecule has 3 aromatic heterocycles. The summed E-state index contributed by atoms with van der Waals surface area (Å²) >= 11 is 0. The Morgan fingerprint density at radius 3 is 2.63 bits per heavy atom. The van der Waals surface area contributed by atoms with Crippen molar-refractivity contribution in [3.05, 3.63) is 83.8 Å². The first-order valence-corrected chi connectivity index (χ1v) is 9.21. The number of hydrogen-bond donors (Lipinski definition) is 5. The highest BCUT2D eigenvalue weighted by Crippen LogP contribution is 2.31. The SMILES string of the molecule is N=C(c1ccccc1)c1c(O)[nH]c2cc(NC(=O)c3nc4ncccc4[nH]3)ccc12. The number of benzene rings is 2. The van der Waals surface area contributed by atoms with E-state index in [-0.39, 0.29) is 17.4 Å². The number of carbonyl (C=O) groups excluding carboxylic acids is 1. The van der Waals surface area contributed by atoms with Crippen LogP contribution in [0, 0.1) is 5.41 Å². The molecule has 5 N–H and O–H groups in total. The maximum Gasteiger partial charge on any atom is 0.291 e. The van der Waals surface area contributed by atoms with Crippen molar-refractivity contribution >= 4 is 39.4 Å². The summed E-state index contributed by atoms with van der Waals surface area (Å²) in [5, 5.41) is 22.3. The lowest BCUT2D eigenvalue weighted by Crippen LogP contribution is -2.13. The molecular weight excluding hydrogens is 380 g/mol. The van der Waals surface area contributed by atoms with Crippen LogP contribution in [0.5, 0.6) is 5.88 Å². The van der Waals surface area contributed by atoms with Gasteiger partial charge in [-0.2, -0.15) is 0 Å². The molecule has 0 saturated carbocycles. The first kappa shape index (κ1) is 17.6. The predicted molar refractivity (Wildman–Crippen MR) is 114 cm³/mol. The molecule has 146 valence electrons. The van der Waals surface area contributed by atoms with Crippen molar-refractivity contribution in [2.45, 2.75) is 0 Å². The van der Waals surface area contributed by atoms with E-state index in [0.717, 1.165) is 0 Å². The number of imidazole rings is 1. The fourth-order valence-electron chi connectivity index (χ4n) is 3.41. The van der Waals surface area contributed by atoms with E-state index >= 15 is 0 Å². The van der Waals surface area contributed by atoms with E-state index in [1.54, 1.807) is 36.5 Å². The fourth-order valence-corrected chi connectivity index (χ4v) is 3.41. The lowest BCUT2D eigenvalue weighted by atomic mass is 10.0. The molecule has 0 aliphatic rings. The number of rotatable bonds is 4. The summed E-state index contributed by atoms with van der Waals surface area (Å²) in [6, 6.07) is 17.9. The molecule has 0 aliphatic heterocycles. The molecule has 30 heavy (non-hydrogen) atoms. The molecule has 0 unspecified atom stereocenters. The van der Waals surface area contributed by atoms with E-state index in [0.29, 0.717) is 38.9 Å². The number of H-pyrrole nitrogens is 2. The maximum absolute atomic E-state index is 12.6. The maximum atomic E-state index is 12.6. The number of fused-ring (bicyclic) bond motifs is 2. The minimum atomic E-state index is -0.402. The van der Waals surface area contributed by atoms with E-state index in [9.17, 15) is 9.90 Å². The summed E-state index contributed by atoms with van der Waals surface area (Å²) in [4.78, 5) is 26.7. The molecule has 3 heterocycles. The Morgan fingerprint density at radius 1 is 1.00 bits per heavy atom. The van der Waals surface area contributed by atoms with Gasteiger partial charge in [-0.05, 0) is 30.3 Å². The topological polar surface area (TPSA) is 131 Å². The smallest absolute Gasteiger partial charge is 0.291 e. The van der Waals surface area contributed by atoms with Gasteiger partial charge in [0.15, 0.2) is 17.4 Å². The van der Waals surface area contributed by atoms with E-state index < -0.39 is 5.91 Å². The molecule has 5 rings (SSSR count). The van der Waals surface area contributed by atoms with Crippen LogP contribution in [0.3, 0.4) is 0 Å². The summed E-state index contributed by atoms with van der Waals surface area (Å²) < 4.78 is 0. The number of nitrogens with one attached hydrogen (secondary N) is 4. The van der Waals surface area contributed by atoms with Crippen molar-refractivity contribution < 1.29 is 9.90 Å². The normalized spacial score (nSPS) is 11.1. The average molecular weight is 396 g/mol. The van der Waals surface area contributed by atoms with Gasteiger partial charge in [0.05, 0.1) is 22.3 Å². The van der Waals surface area contributed by atoms with Crippen LogP contribution in [0.1, 0.15) is 21.7 Å². The van der Waals surface area contributed by atoms with Crippen LogP contribution in [-0.2, 0) is 0 Å². The van der Waals surface area contributed by atoms with Crippen molar-refractivity contribution in [3.8, 4) is 5.88 Å². The Kier molecular flexibility index (Phi) is 4.03. The minimum absolute atomic E-state index is 0.0920. The lowest BCUT2D eigenvalue weighted by Gasteiger charge is -2.05. The highest BCUT2D eigenvalue weighted by Gasteiger charge is 2.18. The Hall–Kier alpha value is -4.46. The van der Waals surface area contributed by atoms with Gasteiger partial charge >= 0.3 is 0 Å². The van der Waals surface area contributed by atoms with Crippen molar-refractivity contribution in [2.24, 2.45) is 0 Å². The zero-order chi connectivity index (χ0) is 20.7. The Bertz CT molecular complexity index is 1380. The van der Waals surface area contributed by atoms with Gasteiger partial charge in [0.25, 0.3) is 5.91 Å². The van der Waals surface area contributed by atoms with E-state index in [1.807, 2.05) is 30.3 Å². The molecule has 0 radical (unpaired) electrons. The summed E-state index contributed by atoms with van der Waals surface area (Å²) in [6.45, 7) is 0. The number of aromatic amines is 2. The molecule has 0 aliphatic carbocycles. The van der Waals surface area contributed by atoms with Gasteiger partial charge in [0.2, 0.25) is 0 Å². The number of carbonyl (C=O) groups is 1. The van der Waals surface area contributed by atoms with Gasteiger partial charge in [-0.15, -0.1) is 0 Å². The molecule has 0 spiro atoms. The predicted octanol–water partition coefficient (Wildman–Crippen LogP) is 3.81. The second-order valence-corrected chi connectivity index (χ2v) is 6.76. The molecule has 1 amide bonds. The third kappa shape index (κ3) is 2.96. The van der Waals surface area contributed by atoms with Crippen LogP contribution < -0.4 is 5.32 Å². The Labute approximate surface area is 170 Å². The van der Waals surface area contributed by atoms with Crippen molar-refractivity contribution in [1.29, 1.82) is 5.41 Å². The summed E-state index contributed by atoms with van der Waals surface area (Å²) in [6.07, 6.45) is 1.61. The van der Waals surface area contributed by atoms with Gasteiger partial charge in [-0.1, -0.05) is 30.3 Å². The Balaban J connectivity index is 1.45. The van der Waals surface area contributed by atoms with Crippen LogP contribution in [0.4, 0.5) is 5.69 Å². The average Bonchev–Trinajstić information content (AvgIpc) is 3.34. The zero-order valence-corrected chi connectivity index (χ0v) is 15.6. The third-order valence-electron chi connectivity index (χ3n) is 4.82. The molecule has 5 aromatic rings. The molecule has 8 heteroatoms. The fraction of sp³-hybridized carbons (Fsp3) is 0. The van der Waals surface area contributed by atoms with Gasteiger partial charge in [0.1, 0.15) is 0 Å². The molecule has 0 atom stereocenters. The number of aromatic nitrogens is 4. The number of hydrogen-bond acceptors (Lipinski definition) is 5. The molecule has 0 fully saturated rings. The number of pyridine rings is 1. The third-order valence-corrected chi connectivity index (χ3v) is 4.82. The molecule has 0 bridgehead atoms. The quantitative estimate of drug-likeness (QED) is 0.296. The van der Waals surface area contributed by atoms with E-state index in [1.165, 1.54) is 0 Å². The molecule has 0 saturated heterocycles. The van der Waals surface area contributed by atoms with Crippen molar-refractivity contribution in [1.82, 2.24) is 19.9 Å². The molecule has 8 nitrogen and oxygen atoms in total. The lowest BCUT2D eigenvalue weighted by molar-refractivity contribution is 0.101. The van der Waals surface area contributed by atoms with Crippen LogP contribution in [0.2, 0.25) is 0 Å². The van der Waals surface area contributed by atoms with Crippen LogP contribution in [0.25, 0.3) is 22.1 Å². The van der Waals surface area contributed by atoms with Gasteiger partial charge in [0, 0.05) is 22.8 Å². The van der Waals surface area contributed by atoms with Crippen LogP contribution >= 0.6 is 0 Å². The van der Waals surface area contributed by atoms with Crippen molar-refractivity contribution in [3.63, 3.8) is 0 Å². The zero-order valence-electron chi connectivity index (χ0n) is 15.6. The monoisotopic (exact) mass is 396 g/mol. The van der Waals surface area contributed by atoms with Gasteiger partial charge < -0.3 is 20.4 Å². The molecular formula is C22H16N6O2. The number of nitrogens with zero attached hydrogens (tertiary/aromatic N) is 2. The highest BCUT2D eigenvalue weighted by molar-refractivity contribution is 6.20. The van der Waals surface area contributed by atoms with E-state index in [4.69, 9.17) is 5.41 Å². The van der Waals surface area contributed by atoms with Crippen LogP contribution in [-0.4, -0.2) is 36.7 Å². The standard InChI is InChI=1S/C22H16N6O2/c23-18(12-5-2-1-3-6-12)17-14-9-8-13(11-16(14)27-21(17)29)25-22(30)20-26-15-7-4-10-24-19(15)28-20/h1-11,23,27,29H,(H,25,30)(H,24,26,28). The second kappa shape index (κ2) is 6.85. The summed E-state index contributed by atoms with van der Waals surface area (Å²) in [7, 11) is 0. The largest absolute Gasteiger partial charge is 0.494 e. The second-order valence-electron chi connectivity index (χ2n) is 6.76. The minimum Gasteiger partial charge on any atom is -0.494 e. The first-order valence-electron chi connectivity index (χ1n) is 9.21. The first-order chi connectivity index (χ1) is 14.6. The molecule has 2 aromatic carbocycles. The van der Waals surface area contributed by atoms with E-state index in [2.05, 4.69) is 25.3 Å². The number of amides is 1. The number of aromatic hydroxyl groups is 1.